The maximum atomic E-state index is 13.1. The Morgan fingerprint density at radius 2 is 2.10 bits per heavy atom. The first-order valence-electron chi connectivity index (χ1n) is 10.1. The van der Waals surface area contributed by atoms with Crippen molar-refractivity contribution in [1.82, 2.24) is 15.2 Å². The summed E-state index contributed by atoms with van der Waals surface area (Å²) in [6, 6.07) is 9.38. The predicted molar refractivity (Wildman–Crippen MR) is 126 cm³/mol. The van der Waals surface area contributed by atoms with Crippen LogP contribution in [0.4, 0.5) is 13.2 Å². The van der Waals surface area contributed by atoms with Crippen LogP contribution in [0.15, 0.2) is 47.6 Å². The highest BCUT2D eigenvalue weighted by Crippen LogP contribution is 2.32. The lowest BCUT2D eigenvalue weighted by atomic mass is 10.0. The second-order valence-corrected chi connectivity index (χ2v) is 7.22. The predicted octanol–water partition coefficient (Wildman–Crippen LogP) is 4.61. The molecule has 1 unspecified atom stereocenters. The van der Waals surface area contributed by atoms with Gasteiger partial charge in [0.05, 0.1) is 18.7 Å². The molecule has 1 N–H and O–H groups in total. The van der Waals surface area contributed by atoms with E-state index in [1.807, 2.05) is 37.1 Å². The maximum absolute atomic E-state index is 13.1. The van der Waals surface area contributed by atoms with E-state index in [1.54, 1.807) is 6.07 Å². The summed E-state index contributed by atoms with van der Waals surface area (Å²) >= 11 is 0. The van der Waals surface area contributed by atoms with Crippen molar-refractivity contribution in [3.8, 4) is 0 Å². The molecule has 1 aromatic heterocycles. The van der Waals surface area contributed by atoms with Gasteiger partial charge in [-0.05, 0) is 49.6 Å². The molecule has 3 rings (SSSR count). The van der Waals surface area contributed by atoms with Gasteiger partial charge in [-0.1, -0.05) is 18.2 Å². The molecule has 170 valence electrons. The minimum absolute atomic E-state index is 0. The summed E-state index contributed by atoms with van der Waals surface area (Å²) in [5, 5.41) is 3.28. The highest BCUT2D eigenvalue weighted by molar-refractivity contribution is 14.0. The molecule has 0 radical (unpaired) electrons. The smallest absolute Gasteiger partial charge is 0.370 e. The van der Waals surface area contributed by atoms with Gasteiger partial charge in [-0.25, -0.2) is 0 Å². The van der Waals surface area contributed by atoms with E-state index in [4.69, 9.17) is 9.73 Å². The molecule has 0 amide bonds. The zero-order chi connectivity index (χ0) is 21.6. The first-order chi connectivity index (χ1) is 14.4. The number of alkyl halides is 3. The van der Waals surface area contributed by atoms with Crippen molar-refractivity contribution in [2.45, 2.75) is 32.5 Å². The molecule has 1 saturated heterocycles. The van der Waals surface area contributed by atoms with E-state index < -0.39 is 17.8 Å². The van der Waals surface area contributed by atoms with Crippen molar-refractivity contribution in [2.24, 2.45) is 4.99 Å². The van der Waals surface area contributed by atoms with E-state index in [-0.39, 0.29) is 24.0 Å². The van der Waals surface area contributed by atoms with Gasteiger partial charge in [0.2, 0.25) is 0 Å². The Morgan fingerprint density at radius 1 is 1.29 bits per heavy atom. The highest BCUT2D eigenvalue weighted by atomic mass is 127. The molecule has 0 bridgehead atoms. The van der Waals surface area contributed by atoms with Crippen molar-refractivity contribution in [1.29, 1.82) is 0 Å². The molecule has 0 saturated carbocycles. The van der Waals surface area contributed by atoms with E-state index in [2.05, 4.69) is 10.3 Å². The Kier molecular flexibility index (Phi) is 9.54. The van der Waals surface area contributed by atoms with Gasteiger partial charge in [0.1, 0.15) is 6.10 Å². The molecule has 0 aliphatic carbocycles. The third-order valence-electron chi connectivity index (χ3n) is 4.92. The molecular formula is C22H28F3IN4O. The molecule has 5 nitrogen and oxygen atoms in total. The minimum atomic E-state index is -4.37. The second kappa shape index (κ2) is 11.7. The second-order valence-electron chi connectivity index (χ2n) is 7.22. The van der Waals surface area contributed by atoms with Gasteiger partial charge >= 0.3 is 6.18 Å². The molecule has 1 atom stereocenters. The quantitative estimate of drug-likeness (QED) is 0.337. The number of benzene rings is 1. The third-order valence-corrected chi connectivity index (χ3v) is 4.92. The van der Waals surface area contributed by atoms with E-state index in [1.165, 1.54) is 12.1 Å². The van der Waals surface area contributed by atoms with Crippen molar-refractivity contribution in [3.63, 3.8) is 0 Å². The Hall–Kier alpha value is -1.88. The summed E-state index contributed by atoms with van der Waals surface area (Å²) in [5.74, 6) is 0.748. The zero-order valence-electron chi connectivity index (χ0n) is 17.7. The fourth-order valence-corrected chi connectivity index (χ4v) is 3.32. The lowest BCUT2D eigenvalue weighted by molar-refractivity contribution is -0.137. The first-order valence-corrected chi connectivity index (χ1v) is 10.1. The number of hydrogen-bond donors (Lipinski definition) is 1. The number of aromatic nitrogens is 1. The normalized spacial score (nSPS) is 17.3. The van der Waals surface area contributed by atoms with Crippen LogP contribution in [-0.2, 0) is 17.3 Å². The van der Waals surface area contributed by atoms with Crippen LogP contribution < -0.4 is 5.32 Å². The molecule has 2 heterocycles. The van der Waals surface area contributed by atoms with Gasteiger partial charge in [-0.3, -0.25) is 9.98 Å². The molecule has 1 aliphatic rings. The van der Waals surface area contributed by atoms with Crippen LogP contribution in [0, 0.1) is 6.92 Å². The SMILES string of the molecule is CCNC(=NCCc1ccc(C)nc1)N1CCOC(c2cccc(C(F)(F)F)c2)C1.I. The van der Waals surface area contributed by atoms with Gasteiger partial charge in [-0.15, -0.1) is 24.0 Å². The number of morpholine rings is 1. The van der Waals surface area contributed by atoms with Gasteiger partial charge in [0.25, 0.3) is 0 Å². The van der Waals surface area contributed by atoms with Crippen LogP contribution in [0.5, 0.6) is 0 Å². The van der Waals surface area contributed by atoms with E-state index in [9.17, 15) is 13.2 Å². The number of aryl methyl sites for hydroxylation is 1. The Morgan fingerprint density at radius 3 is 2.77 bits per heavy atom. The van der Waals surface area contributed by atoms with Crippen LogP contribution in [0.25, 0.3) is 0 Å². The fourth-order valence-electron chi connectivity index (χ4n) is 3.32. The average Bonchev–Trinajstić information content (AvgIpc) is 2.74. The summed E-state index contributed by atoms with van der Waals surface area (Å²) in [4.78, 5) is 11.1. The maximum Gasteiger partial charge on any atom is 0.416 e. The largest absolute Gasteiger partial charge is 0.416 e. The van der Waals surface area contributed by atoms with Gasteiger partial charge in [0, 0.05) is 31.5 Å². The van der Waals surface area contributed by atoms with Crippen LogP contribution in [-0.4, -0.2) is 48.6 Å². The zero-order valence-corrected chi connectivity index (χ0v) is 20.0. The molecule has 31 heavy (non-hydrogen) atoms. The Bertz CT molecular complexity index is 859. The number of nitrogens with zero attached hydrogens (tertiary/aromatic N) is 3. The van der Waals surface area contributed by atoms with Crippen molar-refractivity contribution in [3.05, 3.63) is 65.0 Å². The number of guanidine groups is 1. The topological polar surface area (TPSA) is 49.8 Å². The minimum Gasteiger partial charge on any atom is -0.370 e. The average molecular weight is 548 g/mol. The molecule has 2 aromatic rings. The fraction of sp³-hybridized carbons (Fsp3) is 0.455. The standard InChI is InChI=1S/C22H27F3N4O.HI/c1-3-26-21(27-10-9-17-8-7-16(2)28-14-17)29-11-12-30-20(15-29)18-5-4-6-19(13-18)22(23,24)25;/h4-8,13-14,20H,3,9-12,15H2,1-2H3,(H,26,27);1H. The number of nitrogens with one attached hydrogen (secondary N) is 1. The Labute approximate surface area is 198 Å². The number of pyridine rings is 1. The van der Waals surface area contributed by atoms with Crippen molar-refractivity contribution in [2.75, 3.05) is 32.8 Å². The van der Waals surface area contributed by atoms with Crippen molar-refractivity contribution < 1.29 is 17.9 Å². The van der Waals surface area contributed by atoms with Crippen LogP contribution >= 0.6 is 24.0 Å². The molecule has 9 heteroatoms. The lowest BCUT2D eigenvalue weighted by Gasteiger charge is -2.35. The molecular weight excluding hydrogens is 520 g/mol. The van der Waals surface area contributed by atoms with Crippen LogP contribution in [0.2, 0.25) is 0 Å². The molecule has 1 fully saturated rings. The third kappa shape index (κ3) is 7.34. The van der Waals surface area contributed by atoms with Crippen LogP contribution in [0.3, 0.4) is 0 Å². The van der Waals surface area contributed by atoms with E-state index in [0.29, 0.717) is 38.3 Å². The monoisotopic (exact) mass is 548 g/mol. The number of ether oxygens (including phenoxy) is 1. The molecule has 0 spiro atoms. The summed E-state index contributed by atoms with van der Waals surface area (Å²) in [6.07, 6.45) is -2.18. The number of halogens is 4. The lowest BCUT2D eigenvalue weighted by Crippen LogP contribution is -2.48. The first kappa shape index (κ1) is 25.4. The Balaban J connectivity index is 0.00000341. The van der Waals surface area contributed by atoms with Crippen LogP contribution in [0.1, 0.15) is 35.4 Å². The summed E-state index contributed by atoms with van der Waals surface area (Å²) < 4.78 is 44.9. The van der Waals surface area contributed by atoms with Gasteiger partial charge < -0.3 is 15.0 Å². The number of rotatable bonds is 5. The highest BCUT2D eigenvalue weighted by Gasteiger charge is 2.32. The summed E-state index contributed by atoms with van der Waals surface area (Å²) in [7, 11) is 0. The van der Waals surface area contributed by atoms with E-state index in [0.717, 1.165) is 29.7 Å². The van der Waals surface area contributed by atoms with Crippen molar-refractivity contribution >= 4 is 29.9 Å². The number of aliphatic imine (C=N–C) groups is 1. The summed E-state index contributed by atoms with van der Waals surface area (Å²) in [6.45, 7) is 6.74. The number of hydrogen-bond acceptors (Lipinski definition) is 3. The molecule has 1 aliphatic heterocycles. The molecule has 1 aromatic carbocycles. The van der Waals surface area contributed by atoms with E-state index >= 15 is 0 Å². The van der Waals surface area contributed by atoms with Gasteiger partial charge in [-0.2, -0.15) is 13.2 Å². The van der Waals surface area contributed by atoms with Gasteiger partial charge in [0.15, 0.2) is 5.96 Å². The summed E-state index contributed by atoms with van der Waals surface area (Å²) in [5.41, 5.74) is 1.96.